The number of rotatable bonds is 29. The lowest BCUT2D eigenvalue weighted by atomic mass is 9.91. The van der Waals surface area contributed by atoms with E-state index >= 15 is 0 Å². The van der Waals surface area contributed by atoms with Crippen LogP contribution in [0.2, 0.25) is 0 Å². The molecule has 148 heavy (non-hydrogen) atoms. The number of aliphatic hydroxyl groups excluding tert-OH is 2. The summed E-state index contributed by atoms with van der Waals surface area (Å²) in [7, 11) is 8.83. The molecule has 0 radical (unpaired) electrons. The molecule has 12 N–H and O–H groups in total. The van der Waals surface area contributed by atoms with Gasteiger partial charge in [-0.25, -0.2) is 24.0 Å². The summed E-state index contributed by atoms with van der Waals surface area (Å²) in [6.45, 7) is 32.8. The lowest BCUT2D eigenvalue weighted by Crippen LogP contribution is -2.61. The van der Waals surface area contributed by atoms with Gasteiger partial charge in [0.25, 0.3) is 0 Å². The predicted molar refractivity (Wildman–Crippen MR) is 557 cm³/mol. The quantitative estimate of drug-likeness (QED) is 0.0179. The van der Waals surface area contributed by atoms with E-state index in [1.165, 1.54) is 75.9 Å². The number of carboxylic acid groups (broad SMARTS) is 1. The van der Waals surface area contributed by atoms with Gasteiger partial charge in [-0.1, -0.05) is 209 Å². The molecule has 4 fully saturated rings. The summed E-state index contributed by atoms with van der Waals surface area (Å²) in [4.78, 5) is 229. The van der Waals surface area contributed by atoms with E-state index in [0.717, 1.165) is 20.9 Å². The summed E-state index contributed by atoms with van der Waals surface area (Å²) in [5, 5.41) is 51.7. The summed E-state index contributed by atoms with van der Waals surface area (Å²) in [5.41, 5.74) is 9.23. The number of ether oxygens (including phenoxy) is 6. The van der Waals surface area contributed by atoms with E-state index in [-0.39, 0.29) is 113 Å². The fourth-order valence-corrected chi connectivity index (χ4v) is 18.0. The van der Waals surface area contributed by atoms with Crippen LogP contribution in [0.15, 0.2) is 109 Å². The molecule has 0 spiro atoms. The standard InChI is InChI=1S/C54H81N7O12.C39H62N6O9.C15H21NO4.ClH/c1-13-34(8)46-43(62)29-44(63)56-45(33(6)7)49(65)55-39(26-31(2)3)51(67)61-25-17-20-40(61)52(68)59(10)42(28-36-21-23-38(71-12)24-22-36)53(69)73-35(9)47(50(66)57-46)58-48(64)41(27-32(4)5)60(11)54(70)72-30-37-18-15-14-16-19-37;1-10-23(6)34-30(46)20-31(47)42-33(22(4)5)36(49)41-27(18-21(2)3)37(50)45-17-11-12-28(45)38(51)44(8)29(19-25-13-15-26(53-9)16-14-25)39(52)54-24(7)32(40)35(48)43-34;1-11(2)9-13(14(17)18)16(3)15(19)20-10-12-7-5-4-6-8-12;/h14-16,18-19,21-24,31-35,39-43,45-47,62H,13,17,20,25-30H2,1-12H3,(H,55,65)(H,56,63)(H,57,66)(H,58,64);13-16,21-24,27-30,32-34,46H,10-12,17-20,40H2,1-9H3,(H,41,49)(H,42,47)(H,43,48);4-8,11,13H,9-10H2,1-3H3,(H,17,18);1H/t34-,35+,39-,40-,41+,42-,43-,45-,46+,47-;23-,24+,27-,28-,29-,30-,32-,33-,34+;13-;/m001./s1. The first-order valence-corrected chi connectivity index (χ1v) is 51.4. The Kier molecular flexibility index (Phi) is 52.1. The van der Waals surface area contributed by atoms with E-state index in [1.54, 1.807) is 114 Å². The molecule has 0 aliphatic carbocycles. The van der Waals surface area contributed by atoms with Crippen LogP contribution in [-0.4, -0.2) is 304 Å². The molecule has 4 aromatic carbocycles. The van der Waals surface area contributed by atoms with Gasteiger partial charge in [-0.2, -0.15) is 0 Å². The van der Waals surface area contributed by atoms with Crippen molar-refractivity contribution in [3.63, 3.8) is 0 Å². The number of halogens is 1. The molecule has 0 saturated carbocycles. The maximum absolute atomic E-state index is 14.8. The number of amides is 13. The Balaban J connectivity index is 0.000000447. The van der Waals surface area contributed by atoms with Gasteiger partial charge >= 0.3 is 30.1 Å². The van der Waals surface area contributed by atoms with Crippen LogP contribution < -0.4 is 52.4 Å². The van der Waals surface area contributed by atoms with Crippen LogP contribution >= 0.6 is 12.4 Å². The van der Waals surface area contributed by atoms with E-state index in [2.05, 4.69) is 37.2 Å². The normalized spacial score (nSPS) is 24.6. The van der Waals surface area contributed by atoms with Gasteiger partial charge in [0.2, 0.25) is 65.0 Å². The molecule has 39 nitrogen and oxygen atoms in total. The van der Waals surface area contributed by atoms with Gasteiger partial charge in [-0.3, -0.25) is 62.5 Å². The maximum atomic E-state index is 14.8. The molecule has 4 aliphatic rings. The number of carbonyl (C=O) groups is 16. The number of esters is 2. The number of nitrogens with zero attached hydrogens (tertiary/aromatic N) is 6. The molecule has 0 aromatic heterocycles. The van der Waals surface area contributed by atoms with Gasteiger partial charge < -0.3 is 106 Å². The largest absolute Gasteiger partial charge is 0.497 e. The first-order valence-electron chi connectivity index (χ1n) is 51.4. The summed E-state index contributed by atoms with van der Waals surface area (Å²) >= 11 is 0. The third-order valence-corrected chi connectivity index (χ3v) is 27.3. The van der Waals surface area contributed by atoms with E-state index in [1.807, 2.05) is 106 Å². The number of aliphatic hydroxyl groups is 2. The van der Waals surface area contributed by atoms with Crippen molar-refractivity contribution in [1.82, 2.24) is 66.6 Å². The highest BCUT2D eigenvalue weighted by Crippen LogP contribution is 2.31. The fraction of sp³-hybridized carbons (Fsp3) is 0.630. The van der Waals surface area contributed by atoms with Crippen molar-refractivity contribution in [2.45, 2.75) is 337 Å². The lowest BCUT2D eigenvalue weighted by molar-refractivity contribution is -0.162. The van der Waals surface area contributed by atoms with Gasteiger partial charge in [0.1, 0.15) is 109 Å². The fourth-order valence-electron chi connectivity index (χ4n) is 18.0. The second-order valence-electron chi connectivity index (χ2n) is 41.5. The molecule has 13 amide bonds. The molecule has 4 aromatic rings. The van der Waals surface area contributed by atoms with Crippen LogP contribution in [0.5, 0.6) is 11.5 Å². The molecular formula is C108H165ClN14O25. The third kappa shape index (κ3) is 37.8. The molecule has 4 saturated heterocycles. The van der Waals surface area contributed by atoms with Crippen LogP contribution in [0.4, 0.5) is 9.59 Å². The van der Waals surface area contributed by atoms with Crippen LogP contribution in [0.25, 0.3) is 0 Å². The van der Waals surface area contributed by atoms with Crippen molar-refractivity contribution in [2.75, 3.05) is 55.5 Å². The number of carboxylic acids is 1. The monoisotopic (exact) mass is 2090 g/mol. The third-order valence-electron chi connectivity index (χ3n) is 27.3. The number of likely N-dealkylation sites (N-methyl/N-ethyl adjacent to an activating group) is 4. The number of hydrogen-bond acceptors (Lipinski definition) is 25. The highest BCUT2D eigenvalue weighted by Gasteiger charge is 2.48. The second-order valence-corrected chi connectivity index (χ2v) is 41.5. The van der Waals surface area contributed by atoms with Crippen LogP contribution in [0.1, 0.15) is 224 Å². The first kappa shape index (κ1) is 126. The van der Waals surface area contributed by atoms with E-state index in [4.69, 9.17) is 34.2 Å². The van der Waals surface area contributed by atoms with Gasteiger partial charge in [0, 0.05) is 54.1 Å². The van der Waals surface area contributed by atoms with Gasteiger partial charge in [-0.15, -0.1) is 12.4 Å². The molecule has 8 rings (SSSR count). The minimum absolute atomic E-state index is 0. The van der Waals surface area contributed by atoms with E-state index in [0.29, 0.717) is 61.2 Å². The zero-order valence-corrected chi connectivity index (χ0v) is 91.4. The van der Waals surface area contributed by atoms with Crippen molar-refractivity contribution >= 4 is 107 Å². The molecule has 0 bridgehead atoms. The summed E-state index contributed by atoms with van der Waals surface area (Å²) in [6, 6.07) is 16.3. The van der Waals surface area contributed by atoms with Crippen LogP contribution in [0.3, 0.4) is 0 Å². The molecule has 4 aliphatic heterocycles. The minimum Gasteiger partial charge on any atom is -0.497 e. The Bertz CT molecular complexity index is 4980. The van der Waals surface area contributed by atoms with Crippen LogP contribution in [-0.2, 0) is 112 Å². The topological polar surface area (TPSA) is 519 Å². The Morgan fingerprint density at radius 1 is 0.473 bits per heavy atom. The number of methoxy groups -OCH3 is 2. The Labute approximate surface area is 878 Å². The second kappa shape index (κ2) is 61.0. The number of hydrogen-bond donors (Lipinski definition) is 11. The molecule has 824 valence electrons. The van der Waals surface area contributed by atoms with E-state index < -0.39 is 229 Å². The molecule has 4 heterocycles. The summed E-state index contributed by atoms with van der Waals surface area (Å²) in [6.07, 6.45) is -4.33. The van der Waals surface area contributed by atoms with Crippen molar-refractivity contribution in [2.24, 2.45) is 53.1 Å². The van der Waals surface area contributed by atoms with E-state index in [9.17, 15) is 92.0 Å². The highest BCUT2D eigenvalue weighted by molar-refractivity contribution is 5.99. The number of fused-ring (bicyclic) bond motifs is 2. The van der Waals surface area contributed by atoms with Crippen molar-refractivity contribution in [3.05, 3.63) is 131 Å². The number of nitrogens with one attached hydrogen (secondary N) is 7. The zero-order valence-electron chi connectivity index (χ0n) is 90.6. The molecular weight excluding hydrogens is 1930 g/mol. The first-order chi connectivity index (χ1) is 69.3. The molecule has 20 atom stereocenters. The zero-order chi connectivity index (χ0) is 110. The number of carbonyl (C=O) groups excluding carboxylic acids is 15. The van der Waals surface area contributed by atoms with Crippen molar-refractivity contribution < 1.29 is 120 Å². The highest BCUT2D eigenvalue weighted by atomic mass is 35.5. The maximum Gasteiger partial charge on any atom is 0.410 e. The lowest BCUT2D eigenvalue weighted by Gasteiger charge is -2.35. The number of aliphatic carboxylic acids is 1. The number of benzene rings is 4. The van der Waals surface area contributed by atoms with Gasteiger partial charge in [-0.05, 0) is 159 Å². The number of cyclic esters (lactones) is 2. The Morgan fingerprint density at radius 2 is 0.831 bits per heavy atom. The summed E-state index contributed by atoms with van der Waals surface area (Å²) in [5.74, 6) is -10.1. The predicted octanol–water partition coefficient (Wildman–Crippen LogP) is 8.58. The number of nitrogens with two attached hydrogens (primary N) is 1. The van der Waals surface area contributed by atoms with Crippen LogP contribution in [0, 0.1) is 47.3 Å². The van der Waals surface area contributed by atoms with Gasteiger partial charge in [0.05, 0.1) is 51.4 Å². The molecule has 0 unspecified atom stereocenters. The van der Waals surface area contributed by atoms with Gasteiger partial charge in [0.15, 0.2) is 0 Å². The molecule has 40 heteroatoms. The average Bonchev–Trinajstić information content (AvgIpc) is 1.60. The summed E-state index contributed by atoms with van der Waals surface area (Å²) < 4.78 is 33.3. The Morgan fingerprint density at radius 3 is 1.18 bits per heavy atom. The van der Waals surface area contributed by atoms with Crippen molar-refractivity contribution in [3.8, 4) is 11.5 Å². The minimum atomic E-state index is -1.67. The smallest absolute Gasteiger partial charge is 0.410 e. The Hall–Kier alpha value is -12.2. The SMILES string of the molecule is CC(C)C[C@H](C(=O)O)N(C)C(=O)OCc1ccccc1.CC[C@H](C)[C@H]1NC(=O)[C@@H](N)[C@@H](C)OC(=O)[C@H](Cc2ccc(OC)cc2)N(C)C(=O)[C@@H]2CCCN2C(=O)[C@H](CC(C)C)NC(=O)[C@H](C(C)C)NC(=O)C[C@@H]1O.CC[C@H](C)[C@H]1NC(=O)[C@@H](NC(=O)[C@@H](CC(C)C)N(C)C(=O)OCc2ccccc2)[C@@H](C)OC(=O)[C@H](Cc2ccc(OC)cc2)N(C)C(=O)[C@@H]2CCCN2C(=O)[C@H](CC(C)C)NC(=O)[C@H](C(C)C)NC(=O)C[C@@H]1O.Cl. The average molecular weight is 2100 g/mol. The van der Waals surface area contributed by atoms with Crippen molar-refractivity contribution in [1.29, 1.82) is 0 Å².